The summed E-state index contributed by atoms with van der Waals surface area (Å²) in [5.74, 6) is 0.990. The van der Waals surface area contributed by atoms with Gasteiger partial charge in [0.2, 0.25) is 0 Å². The number of rotatable bonds is 4. The molecular formula is C28H31N3O2. The molecular weight excluding hydrogens is 410 g/mol. The maximum atomic E-state index is 13.2. The number of hydrogen-bond donors (Lipinski definition) is 0. The molecule has 0 N–H and O–H groups in total. The summed E-state index contributed by atoms with van der Waals surface area (Å²) < 4.78 is 5.27. The summed E-state index contributed by atoms with van der Waals surface area (Å²) in [6, 6.07) is 25.0. The van der Waals surface area contributed by atoms with Crippen molar-refractivity contribution >= 4 is 17.3 Å². The number of carbonyl (C=O) groups excluding carboxylic acids is 1. The number of carbonyl (C=O) groups is 1. The predicted octanol–water partition coefficient (Wildman–Crippen LogP) is 4.61. The third-order valence-electron chi connectivity index (χ3n) is 6.83. The van der Waals surface area contributed by atoms with Gasteiger partial charge in [-0.05, 0) is 72.5 Å². The van der Waals surface area contributed by atoms with Crippen molar-refractivity contribution in [1.82, 2.24) is 4.90 Å². The molecule has 0 spiro atoms. The molecule has 1 saturated heterocycles. The Morgan fingerprint density at radius 3 is 2.18 bits per heavy atom. The van der Waals surface area contributed by atoms with Crippen molar-refractivity contribution in [3.8, 4) is 5.75 Å². The molecule has 3 aromatic rings. The fourth-order valence-corrected chi connectivity index (χ4v) is 4.89. The molecule has 0 aromatic heterocycles. The maximum Gasteiger partial charge on any atom is 0.253 e. The van der Waals surface area contributed by atoms with Gasteiger partial charge in [0.25, 0.3) is 5.91 Å². The molecule has 5 rings (SSSR count). The highest BCUT2D eigenvalue weighted by Crippen LogP contribution is 2.25. The molecule has 5 nitrogen and oxygen atoms in total. The highest BCUT2D eigenvalue weighted by Gasteiger charge is 2.21. The Balaban J connectivity index is 1.21. The third-order valence-corrected chi connectivity index (χ3v) is 6.83. The summed E-state index contributed by atoms with van der Waals surface area (Å²) in [4.78, 5) is 20.0. The smallest absolute Gasteiger partial charge is 0.253 e. The van der Waals surface area contributed by atoms with Crippen LogP contribution in [0.1, 0.15) is 27.9 Å². The van der Waals surface area contributed by atoms with E-state index in [9.17, 15) is 4.79 Å². The molecule has 0 saturated carbocycles. The average Bonchev–Trinajstić information content (AvgIpc) is 3.14. The van der Waals surface area contributed by atoms with Crippen molar-refractivity contribution in [2.24, 2.45) is 0 Å². The number of ether oxygens (including phenoxy) is 1. The van der Waals surface area contributed by atoms with Crippen molar-refractivity contribution in [3.63, 3.8) is 0 Å². The van der Waals surface area contributed by atoms with Crippen LogP contribution in [0.3, 0.4) is 0 Å². The van der Waals surface area contributed by atoms with Gasteiger partial charge in [0.15, 0.2) is 0 Å². The highest BCUT2D eigenvalue weighted by atomic mass is 16.5. The first kappa shape index (κ1) is 21.4. The van der Waals surface area contributed by atoms with Gasteiger partial charge in [-0.15, -0.1) is 0 Å². The standard InChI is InChI=1S/C28H31N3O2/c1-33-27-13-11-25(12-14-27)29-16-4-17-30(20-19-29)28(32)23-7-9-26(10-8-23)31-18-15-22-5-2-3-6-24(22)21-31/h2-3,5-14H,4,15-21H2,1H3. The SMILES string of the molecule is COc1ccc(N2CCCN(C(=O)c3ccc(N4CCc5ccccc5C4)cc3)CC2)cc1. The Morgan fingerprint density at radius 1 is 0.727 bits per heavy atom. The van der Waals surface area contributed by atoms with E-state index in [2.05, 4.69) is 58.3 Å². The molecule has 0 unspecified atom stereocenters. The first-order chi connectivity index (χ1) is 16.2. The van der Waals surface area contributed by atoms with Crippen LogP contribution in [0.5, 0.6) is 5.75 Å². The lowest BCUT2D eigenvalue weighted by atomic mass is 9.99. The van der Waals surface area contributed by atoms with Gasteiger partial charge in [-0.2, -0.15) is 0 Å². The molecule has 3 aromatic carbocycles. The van der Waals surface area contributed by atoms with Crippen LogP contribution in [0.2, 0.25) is 0 Å². The van der Waals surface area contributed by atoms with Gasteiger partial charge < -0.3 is 19.4 Å². The Labute approximate surface area is 196 Å². The van der Waals surface area contributed by atoms with Gasteiger partial charge >= 0.3 is 0 Å². The van der Waals surface area contributed by atoms with Crippen molar-refractivity contribution < 1.29 is 9.53 Å². The molecule has 2 aliphatic rings. The van der Waals surface area contributed by atoms with Crippen LogP contribution >= 0.6 is 0 Å². The van der Waals surface area contributed by atoms with Gasteiger partial charge in [0, 0.05) is 56.2 Å². The molecule has 33 heavy (non-hydrogen) atoms. The van der Waals surface area contributed by atoms with E-state index < -0.39 is 0 Å². The lowest BCUT2D eigenvalue weighted by Crippen LogP contribution is -2.35. The molecule has 5 heteroatoms. The summed E-state index contributed by atoms with van der Waals surface area (Å²) in [5.41, 5.74) is 5.98. The quantitative estimate of drug-likeness (QED) is 0.592. The van der Waals surface area contributed by atoms with E-state index in [-0.39, 0.29) is 5.91 Å². The van der Waals surface area contributed by atoms with Crippen LogP contribution in [0, 0.1) is 0 Å². The molecule has 0 bridgehead atoms. The number of fused-ring (bicyclic) bond motifs is 1. The lowest BCUT2D eigenvalue weighted by molar-refractivity contribution is 0.0767. The largest absolute Gasteiger partial charge is 0.497 e. The monoisotopic (exact) mass is 441 g/mol. The molecule has 0 radical (unpaired) electrons. The second kappa shape index (κ2) is 9.57. The van der Waals surface area contributed by atoms with Crippen molar-refractivity contribution in [1.29, 1.82) is 0 Å². The Bertz CT molecular complexity index is 1090. The summed E-state index contributed by atoms with van der Waals surface area (Å²) in [7, 11) is 1.68. The molecule has 0 atom stereocenters. The number of amides is 1. The van der Waals surface area contributed by atoms with Crippen LogP contribution in [0.25, 0.3) is 0 Å². The molecule has 1 fully saturated rings. The second-order valence-corrected chi connectivity index (χ2v) is 8.82. The fourth-order valence-electron chi connectivity index (χ4n) is 4.89. The predicted molar refractivity (Wildman–Crippen MR) is 133 cm³/mol. The Kier molecular flexibility index (Phi) is 6.20. The van der Waals surface area contributed by atoms with Gasteiger partial charge in [0.1, 0.15) is 5.75 Å². The minimum Gasteiger partial charge on any atom is -0.497 e. The highest BCUT2D eigenvalue weighted by molar-refractivity contribution is 5.94. The first-order valence-corrected chi connectivity index (χ1v) is 11.8. The molecule has 1 amide bonds. The van der Waals surface area contributed by atoms with E-state index in [0.29, 0.717) is 0 Å². The van der Waals surface area contributed by atoms with E-state index in [4.69, 9.17) is 4.74 Å². The van der Waals surface area contributed by atoms with Crippen LogP contribution < -0.4 is 14.5 Å². The van der Waals surface area contributed by atoms with E-state index in [1.54, 1.807) is 7.11 Å². The van der Waals surface area contributed by atoms with E-state index >= 15 is 0 Å². The lowest BCUT2D eigenvalue weighted by Gasteiger charge is -2.31. The van der Waals surface area contributed by atoms with Gasteiger partial charge in [0.05, 0.1) is 7.11 Å². The van der Waals surface area contributed by atoms with Gasteiger partial charge in [-0.25, -0.2) is 0 Å². The number of anilines is 2. The number of hydrogen-bond acceptors (Lipinski definition) is 4. The summed E-state index contributed by atoms with van der Waals surface area (Å²) in [5, 5.41) is 0. The Hall–Kier alpha value is -3.47. The zero-order valence-corrected chi connectivity index (χ0v) is 19.2. The summed E-state index contributed by atoms with van der Waals surface area (Å²) in [6.45, 7) is 5.24. The summed E-state index contributed by atoms with van der Waals surface area (Å²) >= 11 is 0. The first-order valence-electron chi connectivity index (χ1n) is 11.8. The number of benzene rings is 3. The normalized spacial score (nSPS) is 16.2. The van der Waals surface area contributed by atoms with Crippen LogP contribution in [-0.2, 0) is 13.0 Å². The van der Waals surface area contributed by atoms with E-state index in [1.807, 2.05) is 29.2 Å². The summed E-state index contributed by atoms with van der Waals surface area (Å²) in [6.07, 6.45) is 2.03. The van der Waals surface area contributed by atoms with Gasteiger partial charge in [-0.3, -0.25) is 4.79 Å². The Morgan fingerprint density at radius 2 is 1.42 bits per heavy atom. The number of methoxy groups -OCH3 is 1. The average molecular weight is 442 g/mol. The minimum absolute atomic E-state index is 0.127. The van der Waals surface area contributed by atoms with E-state index in [0.717, 1.165) is 63.4 Å². The zero-order valence-electron chi connectivity index (χ0n) is 19.2. The zero-order chi connectivity index (χ0) is 22.6. The fraction of sp³-hybridized carbons (Fsp3) is 0.321. The maximum absolute atomic E-state index is 13.2. The number of nitrogens with zero attached hydrogens (tertiary/aromatic N) is 3. The van der Waals surface area contributed by atoms with Crippen LogP contribution in [-0.4, -0.2) is 50.6 Å². The van der Waals surface area contributed by atoms with Crippen LogP contribution in [0.4, 0.5) is 11.4 Å². The molecule has 2 aliphatic heterocycles. The molecule has 0 aliphatic carbocycles. The molecule has 170 valence electrons. The van der Waals surface area contributed by atoms with Crippen molar-refractivity contribution in [2.45, 2.75) is 19.4 Å². The minimum atomic E-state index is 0.127. The third kappa shape index (κ3) is 4.68. The van der Waals surface area contributed by atoms with Crippen LogP contribution in [0.15, 0.2) is 72.8 Å². The van der Waals surface area contributed by atoms with Crippen molar-refractivity contribution in [2.75, 3.05) is 49.6 Å². The molecule has 2 heterocycles. The van der Waals surface area contributed by atoms with Crippen molar-refractivity contribution in [3.05, 3.63) is 89.5 Å². The van der Waals surface area contributed by atoms with Gasteiger partial charge in [-0.1, -0.05) is 24.3 Å². The second-order valence-electron chi connectivity index (χ2n) is 8.82. The topological polar surface area (TPSA) is 36.0 Å². The van der Waals surface area contributed by atoms with E-state index in [1.165, 1.54) is 22.5 Å².